The van der Waals surface area contributed by atoms with Gasteiger partial charge in [-0.15, -0.1) is 0 Å². The van der Waals surface area contributed by atoms with Crippen molar-refractivity contribution in [3.63, 3.8) is 0 Å². The van der Waals surface area contributed by atoms with Gasteiger partial charge in [0.1, 0.15) is 0 Å². The van der Waals surface area contributed by atoms with Gasteiger partial charge in [0.15, 0.2) is 5.41 Å². The molecule has 204 valence electrons. The number of rotatable bonds is 21. The number of carbonyl (C=O) groups is 4. The Kier molecular flexibility index (Phi) is 16.7. The highest BCUT2D eigenvalue weighted by Gasteiger charge is 2.55. The number of nitrogens with one attached hydrogen (secondary N) is 5. The Morgan fingerprint density at radius 1 is 0.771 bits per heavy atom. The Bertz CT molecular complexity index is 652. The lowest BCUT2D eigenvalue weighted by atomic mass is 9.75. The highest BCUT2D eigenvalue weighted by molar-refractivity contribution is 6.03. The van der Waals surface area contributed by atoms with Crippen molar-refractivity contribution in [2.45, 2.75) is 38.0 Å². The van der Waals surface area contributed by atoms with Crippen LogP contribution in [-0.4, -0.2) is 132 Å². The van der Waals surface area contributed by atoms with E-state index in [4.69, 9.17) is 10.2 Å². The van der Waals surface area contributed by atoms with Crippen LogP contribution < -0.4 is 26.6 Å². The van der Waals surface area contributed by atoms with Gasteiger partial charge in [-0.1, -0.05) is 6.92 Å². The largest absolute Gasteiger partial charge is 0.480 e. The molecule has 0 aromatic rings. The van der Waals surface area contributed by atoms with Gasteiger partial charge >= 0.3 is 11.9 Å². The van der Waals surface area contributed by atoms with Crippen LogP contribution in [0.2, 0.25) is 0 Å². The molecule has 0 saturated carbocycles. The molecule has 0 aliphatic heterocycles. The number of carboxylic acids is 2. The Morgan fingerprint density at radius 2 is 1.26 bits per heavy atom. The minimum absolute atomic E-state index is 0.0660. The fourth-order valence-corrected chi connectivity index (χ4v) is 3.06. The first kappa shape index (κ1) is 32.6. The molecule has 0 aromatic carbocycles. The zero-order chi connectivity index (χ0) is 26.9. The zero-order valence-corrected chi connectivity index (χ0v) is 19.8. The smallest absolute Gasteiger partial charge is 0.323 e. The number of carboxylic acid groups (broad SMARTS) is 2. The number of aliphatic carboxylic acids is 2. The van der Waals surface area contributed by atoms with Crippen LogP contribution >= 0.6 is 0 Å². The van der Waals surface area contributed by atoms with Crippen molar-refractivity contribution in [2.24, 2.45) is 5.41 Å². The summed E-state index contributed by atoms with van der Waals surface area (Å²) >= 11 is 0. The molecule has 2 amide bonds. The molecule has 3 unspecified atom stereocenters. The molecule has 0 aromatic heterocycles. The van der Waals surface area contributed by atoms with Crippen molar-refractivity contribution in [3.05, 3.63) is 0 Å². The lowest BCUT2D eigenvalue weighted by molar-refractivity contribution is -0.170. The Balaban J connectivity index is 5.63. The average molecular weight is 510 g/mol. The minimum Gasteiger partial charge on any atom is -0.480 e. The first-order valence-electron chi connectivity index (χ1n) is 11.3. The van der Waals surface area contributed by atoms with Gasteiger partial charge in [-0.2, -0.15) is 0 Å². The number of amides is 2. The van der Waals surface area contributed by atoms with Crippen molar-refractivity contribution in [1.29, 1.82) is 0 Å². The maximum atomic E-state index is 12.4. The predicted octanol–water partition coefficient (Wildman–Crippen LogP) is -4.98. The first-order valence-corrected chi connectivity index (χ1v) is 11.3. The van der Waals surface area contributed by atoms with E-state index in [-0.39, 0.29) is 13.1 Å². The molecule has 11 N–H and O–H groups in total. The predicted molar refractivity (Wildman–Crippen MR) is 122 cm³/mol. The van der Waals surface area contributed by atoms with Crippen LogP contribution in [0, 0.1) is 5.41 Å². The van der Waals surface area contributed by atoms with Gasteiger partial charge < -0.3 is 57.2 Å². The molecule has 0 saturated heterocycles. The summed E-state index contributed by atoms with van der Waals surface area (Å²) in [5.41, 5.74) is -2.76. The monoisotopic (exact) mass is 509 g/mol. The molecule has 0 aliphatic carbocycles. The van der Waals surface area contributed by atoms with Gasteiger partial charge in [0, 0.05) is 51.7 Å². The van der Waals surface area contributed by atoms with Crippen LogP contribution in [0.5, 0.6) is 0 Å². The average Bonchev–Trinajstić information content (AvgIpc) is 2.82. The molecule has 35 heavy (non-hydrogen) atoms. The van der Waals surface area contributed by atoms with Crippen LogP contribution in [0.4, 0.5) is 0 Å². The third-order valence-corrected chi connectivity index (χ3v) is 5.10. The molecule has 0 heterocycles. The van der Waals surface area contributed by atoms with Crippen molar-refractivity contribution in [2.75, 3.05) is 59.0 Å². The summed E-state index contributed by atoms with van der Waals surface area (Å²) in [6, 6.07) is -1.55. The van der Waals surface area contributed by atoms with Gasteiger partial charge in [-0.25, -0.2) is 0 Å². The summed E-state index contributed by atoms with van der Waals surface area (Å²) in [7, 11) is 0. The Morgan fingerprint density at radius 3 is 1.74 bits per heavy atom. The maximum absolute atomic E-state index is 12.4. The SMILES string of the molecule is CCNCCNCCNC(CC(=O)NCC(O)CO)C(CC(=O)NCC(O)CO)(C(=O)O)C(=O)O. The van der Waals surface area contributed by atoms with Crippen LogP contribution in [0.3, 0.4) is 0 Å². The molecular weight excluding hydrogens is 470 g/mol. The van der Waals surface area contributed by atoms with Gasteiger partial charge in [0.05, 0.1) is 31.8 Å². The van der Waals surface area contributed by atoms with Crippen LogP contribution in [0.15, 0.2) is 0 Å². The van der Waals surface area contributed by atoms with E-state index in [1.165, 1.54) is 0 Å². The second-order valence-electron chi connectivity index (χ2n) is 7.85. The number of aliphatic hydroxyl groups is 4. The van der Waals surface area contributed by atoms with E-state index in [1.807, 2.05) is 6.92 Å². The summed E-state index contributed by atoms with van der Waals surface area (Å²) in [5.74, 6) is -5.54. The van der Waals surface area contributed by atoms with Crippen LogP contribution in [-0.2, 0) is 19.2 Å². The number of likely N-dealkylation sites (N-methyl/N-ethyl adjacent to an activating group) is 1. The fourth-order valence-electron chi connectivity index (χ4n) is 3.06. The van der Waals surface area contributed by atoms with E-state index in [9.17, 15) is 39.6 Å². The summed E-state index contributed by atoms with van der Waals surface area (Å²) in [4.78, 5) is 49.2. The highest BCUT2D eigenvalue weighted by atomic mass is 16.4. The van der Waals surface area contributed by atoms with Gasteiger partial charge in [-0.3, -0.25) is 19.2 Å². The lowest BCUT2D eigenvalue weighted by Gasteiger charge is -2.33. The normalized spacial score (nSPS) is 14.1. The third kappa shape index (κ3) is 12.2. The van der Waals surface area contributed by atoms with Crippen molar-refractivity contribution in [3.8, 4) is 0 Å². The van der Waals surface area contributed by atoms with E-state index in [0.717, 1.165) is 6.54 Å². The first-order chi connectivity index (χ1) is 16.5. The molecule has 15 nitrogen and oxygen atoms in total. The molecule has 0 rings (SSSR count). The zero-order valence-electron chi connectivity index (χ0n) is 19.8. The lowest BCUT2D eigenvalue weighted by Crippen LogP contribution is -2.59. The van der Waals surface area contributed by atoms with Gasteiger partial charge in [-0.05, 0) is 6.54 Å². The number of aliphatic hydroxyl groups excluding tert-OH is 4. The quantitative estimate of drug-likeness (QED) is 0.0513. The van der Waals surface area contributed by atoms with Gasteiger partial charge in [0.25, 0.3) is 0 Å². The molecule has 3 atom stereocenters. The van der Waals surface area contributed by atoms with Crippen LogP contribution in [0.25, 0.3) is 0 Å². The molecule has 0 aliphatic rings. The summed E-state index contributed by atoms with van der Waals surface area (Å²) < 4.78 is 0. The minimum atomic E-state index is -2.76. The molecule has 0 spiro atoms. The van der Waals surface area contributed by atoms with E-state index in [2.05, 4.69) is 26.6 Å². The van der Waals surface area contributed by atoms with E-state index >= 15 is 0 Å². The number of carbonyl (C=O) groups excluding carboxylic acids is 2. The van der Waals surface area contributed by atoms with Gasteiger partial charge in [0.2, 0.25) is 11.8 Å². The van der Waals surface area contributed by atoms with Crippen molar-refractivity contribution < 1.29 is 49.8 Å². The maximum Gasteiger partial charge on any atom is 0.323 e. The van der Waals surface area contributed by atoms with Crippen LogP contribution in [0.1, 0.15) is 19.8 Å². The molecule has 15 heteroatoms. The highest BCUT2D eigenvalue weighted by Crippen LogP contribution is 2.30. The Hall–Kier alpha value is -2.40. The molecular formula is C20H39N5O10. The number of hydrogen-bond donors (Lipinski definition) is 11. The molecule has 0 bridgehead atoms. The topological polar surface area (TPSA) is 250 Å². The van der Waals surface area contributed by atoms with E-state index in [0.29, 0.717) is 19.6 Å². The summed E-state index contributed by atoms with van der Waals surface area (Å²) in [6.07, 6.45) is -4.32. The second-order valence-corrected chi connectivity index (χ2v) is 7.85. The Labute approximate surface area is 203 Å². The summed E-state index contributed by atoms with van der Waals surface area (Å²) in [6.45, 7) is 2.25. The third-order valence-electron chi connectivity index (χ3n) is 5.10. The van der Waals surface area contributed by atoms with E-state index < -0.39 is 80.0 Å². The van der Waals surface area contributed by atoms with Crippen molar-refractivity contribution >= 4 is 23.8 Å². The fraction of sp³-hybridized carbons (Fsp3) is 0.800. The number of hydrogen-bond acceptors (Lipinski definition) is 11. The second kappa shape index (κ2) is 18.0. The molecule has 0 fully saturated rings. The molecule has 0 radical (unpaired) electrons. The standard InChI is InChI=1S/C20H39N5O10/c1-2-21-3-4-22-5-6-23-15(7-16(30)24-9-13(28)11-26)20(18(32)33,19(34)35)8-17(31)25-10-14(29)12-27/h13-15,21-23,26-29H,2-12H2,1H3,(H,24,30)(H,25,31)(H,32,33)(H,34,35). The van der Waals surface area contributed by atoms with E-state index in [1.54, 1.807) is 0 Å². The summed E-state index contributed by atoms with van der Waals surface area (Å²) in [5, 5.41) is 69.6. The van der Waals surface area contributed by atoms with Crippen molar-refractivity contribution in [1.82, 2.24) is 26.6 Å².